The molecule has 2 fully saturated rings. The second-order valence-electron chi connectivity index (χ2n) is 5.98. The highest BCUT2D eigenvalue weighted by Gasteiger charge is 2.33. The first-order valence-electron chi connectivity index (χ1n) is 7.57. The van der Waals surface area contributed by atoms with Gasteiger partial charge in [-0.05, 0) is 33.1 Å². The molecule has 1 aliphatic carbocycles. The molecule has 1 aliphatic heterocycles. The zero-order valence-electron chi connectivity index (χ0n) is 12.4. The molecule has 110 valence electrons. The van der Waals surface area contributed by atoms with Crippen LogP contribution in [-0.4, -0.2) is 46.9 Å². The number of carbonyl (C=O) groups excluding carboxylic acids is 1. The van der Waals surface area contributed by atoms with Crippen LogP contribution in [0.5, 0.6) is 0 Å². The van der Waals surface area contributed by atoms with Crippen LogP contribution < -0.4 is 0 Å². The van der Waals surface area contributed by atoms with Crippen LogP contribution in [0.1, 0.15) is 34.8 Å². The Bertz CT molecular complexity index is 476. The van der Waals surface area contributed by atoms with Crippen molar-refractivity contribution >= 4 is 17.2 Å². The van der Waals surface area contributed by atoms with E-state index in [0.29, 0.717) is 11.8 Å². The number of carbonyl (C=O) groups is 1. The van der Waals surface area contributed by atoms with Gasteiger partial charge in [0.15, 0.2) is 0 Å². The maximum atomic E-state index is 12.1. The summed E-state index contributed by atoms with van der Waals surface area (Å²) in [5.41, 5.74) is 1.16. The summed E-state index contributed by atoms with van der Waals surface area (Å²) in [5, 5.41) is 1.21. The molecule has 2 heterocycles. The summed E-state index contributed by atoms with van der Waals surface area (Å²) in [6.45, 7) is 9.02. The van der Waals surface area contributed by atoms with Gasteiger partial charge >= 0.3 is 0 Å². The molecule has 0 bridgehead atoms. The fraction of sp³-hybridized carbons (Fsp3) is 0.733. The molecule has 1 saturated carbocycles. The first kappa shape index (κ1) is 14.0. The van der Waals surface area contributed by atoms with Crippen molar-refractivity contribution in [3.63, 3.8) is 0 Å². The predicted molar refractivity (Wildman–Crippen MR) is 80.8 cm³/mol. The van der Waals surface area contributed by atoms with Gasteiger partial charge in [0.25, 0.3) is 0 Å². The molecule has 1 saturated heterocycles. The van der Waals surface area contributed by atoms with Gasteiger partial charge in [0.2, 0.25) is 5.91 Å². The van der Waals surface area contributed by atoms with Crippen molar-refractivity contribution in [1.29, 1.82) is 0 Å². The van der Waals surface area contributed by atoms with Crippen molar-refractivity contribution in [3.8, 4) is 0 Å². The Balaban J connectivity index is 1.55. The fourth-order valence-corrected chi connectivity index (χ4v) is 3.71. The van der Waals surface area contributed by atoms with Crippen molar-refractivity contribution in [2.75, 3.05) is 26.2 Å². The van der Waals surface area contributed by atoms with Crippen LogP contribution in [0, 0.1) is 19.8 Å². The van der Waals surface area contributed by atoms with E-state index in [1.54, 1.807) is 11.3 Å². The van der Waals surface area contributed by atoms with Crippen LogP contribution in [0.4, 0.5) is 0 Å². The average Bonchev–Trinajstić information content (AvgIpc) is 3.21. The van der Waals surface area contributed by atoms with E-state index in [2.05, 4.69) is 28.6 Å². The average molecular weight is 293 g/mol. The molecule has 1 aromatic heterocycles. The lowest BCUT2D eigenvalue weighted by molar-refractivity contribution is -0.132. The SMILES string of the molecule is Cc1nc(CN2CCCN(C(=O)C3CC3)CC2)sc1C. The van der Waals surface area contributed by atoms with Crippen LogP contribution in [0.2, 0.25) is 0 Å². The molecular formula is C15H23N3OS. The van der Waals surface area contributed by atoms with Crippen molar-refractivity contribution in [2.24, 2.45) is 5.92 Å². The van der Waals surface area contributed by atoms with Crippen molar-refractivity contribution < 1.29 is 4.79 Å². The third-order valence-electron chi connectivity index (χ3n) is 4.26. The molecule has 0 atom stereocenters. The lowest BCUT2D eigenvalue weighted by Crippen LogP contribution is -2.35. The van der Waals surface area contributed by atoms with Gasteiger partial charge in [-0.1, -0.05) is 0 Å². The highest BCUT2D eigenvalue weighted by molar-refractivity contribution is 7.11. The predicted octanol–water partition coefficient (Wildman–Crippen LogP) is 2.20. The number of thiazole rings is 1. The Labute approximate surface area is 124 Å². The smallest absolute Gasteiger partial charge is 0.225 e. The largest absolute Gasteiger partial charge is 0.341 e. The molecule has 0 radical (unpaired) electrons. The third-order valence-corrected chi connectivity index (χ3v) is 5.32. The van der Waals surface area contributed by atoms with Crippen molar-refractivity contribution in [2.45, 2.75) is 39.7 Å². The summed E-state index contributed by atoms with van der Waals surface area (Å²) in [6, 6.07) is 0. The van der Waals surface area contributed by atoms with Gasteiger partial charge in [-0.3, -0.25) is 9.69 Å². The second-order valence-corrected chi connectivity index (χ2v) is 7.27. The molecule has 0 spiro atoms. The standard InChI is InChI=1S/C15H23N3OS/c1-11-12(2)20-14(16-11)10-17-6-3-7-18(9-8-17)15(19)13-4-5-13/h13H,3-10H2,1-2H3. The zero-order chi connectivity index (χ0) is 14.1. The second kappa shape index (κ2) is 5.82. The number of amides is 1. The van der Waals surface area contributed by atoms with E-state index < -0.39 is 0 Å². The van der Waals surface area contributed by atoms with E-state index in [9.17, 15) is 4.79 Å². The molecule has 0 aromatic carbocycles. The van der Waals surface area contributed by atoms with Crippen molar-refractivity contribution in [1.82, 2.24) is 14.8 Å². The summed E-state index contributed by atoms with van der Waals surface area (Å²) in [7, 11) is 0. The van der Waals surface area contributed by atoms with Gasteiger partial charge in [-0.2, -0.15) is 0 Å². The van der Waals surface area contributed by atoms with Crippen LogP contribution in [0.25, 0.3) is 0 Å². The molecule has 20 heavy (non-hydrogen) atoms. The minimum absolute atomic E-state index is 0.353. The first-order valence-corrected chi connectivity index (χ1v) is 8.39. The van der Waals surface area contributed by atoms with Gasteiger partial charge in [-0.25, -0.2) is 4.98 Å². The zero-order valence-corrected chi connectivity index (χ0v) is 13.2. The van der Waals surface area contributed by atoms with E-state index >= 15 is 0 Å². The normalized spacial score (nSPS) is 21.0. The van der Waals surface area contributed by atoms with Gasteiger partial charge < -0.3 is 4.90 Å². The Morgan fingerprint density at radius 3 is 2.70 bits per heavy atom. The number of hydrogen-bond acceptors (Lipinski definition) is 4. The number of nitrogens with zero attached hydrogens (tertiary/aromatic N) is 3. The molecule has 0 N–H and O–H groups in total. The fourth-order valence-electron chi connectivity index (χ4n) is 2.74. The highest BCUT2D eigenvalue weighted by Crippen LogP contribution is 2.31. The Morgan fingerprint density at radius 1 is 1.25 bits per heavy atom. The Hall–Kier alpha value is -0.940. The maximum Gasteiger partial charge on any atom is 0.225 e. The Morgan fingerprint density at radius 2 is 2.05 bits per heavy atom. The number of hydrogen-bond donors (Lipinski definition) is 0. The Kier molecular flexibility index (Phi) is 4.08. The summed E-state index contributed by atoms with van der Waals surface area (Å²) in [5.74, 6) is 0.749. The number of rotatable bonds is 3. The van der Waals surface area contributed by atoms with E-state index in [0.717, 1.165) is 57.7 Å². The first-order chi connectivity index (χ1) is 9.63. The molecular weight excluding hydrogens is 270 g/mol. The van der Waals surface area contributed by atoms with E-state index in [1.807, 2.05) is 0 Å². The number of aromatic nitrogens is 1. The third kappa shape index (κ3) is 3.20. The minimum Gasteiger partial charge on any atom is -0.341 e. The van der Waals surface area contributed by atoms with Crippen LogP contribution in [0.3, 0.4) is 0 Å². The maximum absolute atomic E-state index is 12.1. The summed E-state index contributed by atoms with van der Waals surface area (Å²) in [6.07, 6.45) is 3.30. The molecule has 1 aromatic rings. The van der Waals surface area contributed by atoms with E-state index in [-0.39, 0.29) is 0 Å². The monoisotopic (exact) mass is 293 g/mol. The van der Waals surface area contributed by atoms with Gasteiger partial charge in [0.05, 0.1) is 12.2 Å². The molecule has 2 aliphatic rings. The van der Waals surface area contributed by atoms with Gasteiger partial charge in [0.1, 0.15) is 5.01 Å². The lowest BCUT2D eigenvalue weighted by atomic mass is 10.3. The highest BCUT2D eigenvalue weighted by atomic mass is 32.1. The summed E-state index contributed by atoms with van der Waals surface area (Å²) >= 11 is 1.80. The molecule has 0 unspecified atom stereocenters. The summed E-state index contributed by atoms with van der Waals surface area (Å²) < 4.78 is 0. The van der Waals surface area contributed by atoms with Crippen LogP contribution in [-0.2, 0) is 11.3 Å². The summed E-state index contributed by atoms with van der Waals surface area (Å²) in [4.78, 5) is 22.6. The van der Waals surface area contributed by atoms with Crippen LogP contribution >= 0.6 is 11.3 Å². The van der Waals surface area contributed by atoms with Crippen LogP contribution in [0.15, 0.2) is 0 Å². The van der Waals surface area contributed by atoms with Crippen molar-refractivity contribution in [3.05, 3.63) is 15.6 Å². The molecule has 5 heteroatoms. The van der Waals surface area contributed by atoms with E-state index in [1.165, 1.54) is 9.88 Å². The van der Waals surface area contributed by atoms with Gasteiger partial charge in [-0.15, -0.1) is 11.3 Å². The lowest BCUT2D eigenvalue weighted by Gasteiger charge is -2.21. The minimum atomic E-state index is 0.353. The quantitative estimate of drug-likeness (QED) is 0.857. The molecule has 1 amide bonds. The molecule has 3 rings (SSSR count). The van der Waals surface area contributed by atoms with Gasteiger partial charge in [0, 0.05) is 37.0 Å². The number of aryl methyl sites for hydroxylation is 2. The molecule has 4 nitrogen and oxygen atoms in total. The topological polar surface area (TPSA) is 36.4 Å². The van der Waals surface area contributed by atoms with E-state index in [4.69, 9.17) is 0 Å².